The standard InChI is InChI=1S/C30H3F15/c31-16-13(17(32)23(38)28(43)22(16)37)4-1-10-7-11(2-5-14-18(33)24(39)29(44)25(40)19(14)34)9-12(8-10)3-6-15-20(35)26(41)30(45)27(42)21(15)36/h7-9H. The lowest BCUT2D eigenvalue weighted by Gasteiger charge is -2.03. The van der Waals surface area contributed by atoms with Crippen LogP contribution in [0.1, 0.15) is 33.4 Å². The van der Waals surface area contributed by atoms with Crippen molar-refractivity contribution in [3.63, 3.8) is 0 Å². The highest BCUT2D eigenvalue weighted by atomic mass is 19.2. The van der Waals surface area contributed by atoms with E-state index in [1.54, 1.807) is 17.8 Å². The fraction of sp³-hybridized carbons (Fsp3) is 0. The molecule has 0 spiro atoms. The smallest absolute Gasteiger partial charge is 0.200 e. The Morgan fingerprint density at radius 3 is 0.556 bits per heavy atom. The lowest BCUT2D eigenvalue weighted by atomic mass is 10.0. The second-order valence-electron chi connectivity index (χ2n) is 8.38. The Kier molecular flexibility index (Phi) is 8.83. The highest BCUT2D eigenvalue weighted by Gasteiger charge is 2.27. The van der Waals surface area contributed by atoms with Gasteiger partial charge in [-0.25, -0.2) is 65.9 Å². The Hall–Kier alpha value is -5.49. The van der Waals surface area contributed by atoms with Gasteiger partial charge in [0.1, 0.15) is 16.7 Å². The Morgan fingerprint density at radius 2 is 0.378 bits per heavy atom. The van der Waals surface area contributed by atoms with Crippen molar-refractivity contribution in [3.8, 4) is 35.5 Å². The average molecular weight is 648 g/mol. The van der Waals surface area contributed by atoms with Gasteiger partial charge in [-0.15, -0.1) is 0 Å². The summed E-state index contributed by atoms with van der Waals surface area (Å²) >= 11 is 0. The van der Waals surface area contributed by atoms with Gasteiger partial charge in [-0.05, 0) is 18.2 Å². The van der Waals surface area contributed by atoms with E-state index in [0.717, 1.165) is 18.2 Å². The van der Waals surface area contributed by atoms with Crippen molar-refractivity contribution in [1.82, 2.24) is 0 Å². The quantitative estimate of drug-likeness (QED) is 0.0786. The summed E-state index contributed by atoms with van der Waals surface area (Å²) in [4.78, 5) is 0. The molecule has 0 heterocycles. The summed E-state index contributed by atoms with van der Waals surface area (Å²) in [6, 6.07) is 2.34. The Balaban J connectivity index is 1.94. The highest BCUT2D eigenvalue weighted by Crippen LogP contribution is 2.25. The second kappa shape index (κ2) is 12.2. The first-order valence-corrected chi connectivity index (χ1v) is 11.3. The van der Waals surface area contributed by atoms with Crippen LogP contribution < -0.4 is 0 Å². The third kappa shape index (κ3) is 5.87. The first-order valence-electron chi connectivity index (χ1n) is 11.3. The Bertz CT molecular complexity index is 1790. The summed E-state index contributed by atoms with van der Waals surface area (Å²) in [6.07, 6.45) is 0. The summed E-state index contributed by atoms with van der Waals surface area (Å²) in [5.74, 6) is -25.2. The minimum atomic E-state index is -2.51. The zero-order chi connectivity index (χ0) is 33.5. The molecule has 0 bridgehead atoms. The Morgan fingerprint density at radius 1 is 0.222 bits per heavy atom. The summed E-state index contributed by atoms with van der Waals surface area (Å²) in [7, 11) is 0. The third-order valence-corrected chi connectivity index (χ3v) is 5.56. The number of halogens is 15. The van der Waals surface area contributed by atoms with E-state index in [0.29, 0.717) is 0 Å². The number of rotatable bonds is 0. The summed E-state index contributed by atoms with van der Waals surface area (Å²) < 4.78 is 205. The maximum Gasteiger partial charge on any atom is 0.200 e. The van der Waals surface area contributed by atoms with Gasteiger partial charge in [-0.3, -0.25) is 0 Å². The third-order valence-electron chi connectivity index (χ3n) is 5.56. The van der Waals surface area contributed by atoms with Gasteiger partial charge in [0.25, 0.3) is 0 Å². The molecule has 0 saturated heterocycles. The molecule has 4 aromatic carbocycles. The van der Waals surface area contributed by atoms with Crippen molar-refractivity contribution in [2.45, 2.75) is 0 Å². The summed E-state index contributed by atoms with van der Waals surface area (Å²) in [5.41, 5.74) is -6.53. The fourth-order valence-electron chi connectivity index (χ4n) is 3.39. The van der Waals surface area contributed by atoms with Gasteiger partial charge < -0.3 is 0 Å². The van der Waals surface area contributed by atoms with E-state index < -0.39 is 121 Å². The van der Waals surface area contributed by atoms with Gasteiger partial charge in [0, 0.05) is 16.7 Å². The van der Waals surface area contributed by atoms with Crippen molar-refractivity contribution >= 4 is 0 Å². The monoisotopic (exact) mass is 648 g/mol. The van der Waals surface area contributed by atoms with Crippen molar-refractivity contribution in [2.75, 3.05) is 0 Å². The van der Waals surface area contributed by atoms with E-state index in [-0.39, 0.29) is 0 Å². The zero-order valence-electron chi connectivity index (χ0n) is 20.9. The van der Waals surface area contributed by atoms with Crippen molar-refractivity contribution in [1.29, 1.82) is 0 Å². The molecule has 4 aromatic rings. The molecular weight excluding hydrogens is 645 g/mol. The van der Waals surface area contributed by atoms with Crippen LogP contribution in [0.2, 0.25) is 0 Å². The zero-order valence-corrected chi connectivity index (χ0v) is 20.9. The van der Waals surface area contributed by atoms with E-state index in [9.17, 15) is 65.9 Å². The summed E-state index contributed by atoms with van der Waals surface area (Å²) in [5, 5.41) is 0. The predicted molar refractivity (Wildman–Crippen MR) is 123 cm³/mol. The van der Waals surface area contributed by atoms with Gasteiger partial charge in [0.05, 0.1) is 0 Å². The van der Waals surface area contributed by atoms with Gasteiger partial charge in [-0.1, -0.05) is 35.5 Å². The molecule has 15 heteroatoms. The predicted octanol–water partition coefficient (Wildman–Crippen LogP) is 7.97. The Labute approximate surface area is 240 Å². The molecule has 0 nitrogen and oxygen atoms in total. The molecule has 0 aliphatic rings. The van der Waals surface area contributed by atoms with Crippen LogP contribution >= 0.6 is 0 Å². The topological polar surface area (TPSA) is 0 Å². The molecule has 0 fully saturated rings. The van der Waals surface area contributed by atoms with E-state index in [2.05, 4.69) is 0 Å². The molecule has 4 rings (SSSR count). The van der Waals surface area contributed by atoms with E-state index in [1.807, 2.05) is 17.8 Å². The molecule has 228 valence electrons. The van der Waals surface area contributed by atoms with E-state index in [1.165, 1.54) is 0 Å². The molecule has 0 aromatic heterocycles. The fourth-order valence-corrected chi connectivity index (χ4v) is 3.39. The van der Waals surface area contributed by atoms with Crippen LogP contribution in [-0.2, 0) is 0 Å². The molecule has 0 aliphatic heterocycles. The van der Waals surface area contributed by atoms with Crippen LogP contribution in [0.5, 0.6) is 0 Å². The van der Waals surface area contributed by atoms with Crippen LogP contribution in [-0.4, -0.2) is 0 Å². The molecule has 0 N–H and O–H groups in total. The number of hydrogen-bond donors (Lipinski definition) is 0. The normalized spacial score (nSPS) is 10.5. The van der Waals surface area contributed by atoms with E-state index >= 15 is 0 Å². The van der Waals surface area contributed by atoms with Crippen LogP contribution in [0, 0.1) is 123 Å². The van der Waals surface area contributed by atoms with Crippen LogP contribution in [0.4, 0.5) is 65.9 Å². The largest absolute Gasteiger partial charge is 0.202 e. The minimum Gasteiger partial charge on any atom is -0.202 e. The maximum absolute atomic E-state index is 14.0. The maximum atomic E-state index is 14.0. The molecule has 0 radical (unpaired) electrons. The molecule has 0 unspecified atom stereocenters. The lowest BCUT2D eigenvalue weighted by molar-refractivity contribution is 0.376. The van der Waals surface area contributed by atoms with E-state index in [4.69, 9.17) is 0 Å². The molecular formula is C30H3F15. The van der Waals surface area contributed by atoms with Gasteiger partial charge in [0.15, 0.2) is 69.8 Å². The minimum absolute atomic E-state index is 0.537. The molecule has 0 saturated carbocycles. The molecule has 45 heavy (non-hydrogen) atoms. The molecule has 0 atom stereocenters. The number of hydrogen-bond acceptors (Lipinski definition) is 0. The van der Waals surface area contributed by atoms with Gasteiger partial charge >= 0.3 is 0 Å². The van der Waals surface area contributed by atoms with Crippen molar-refractivity contribution < 1.29 is 65.9 Å². The SMILES string of the molecule is Fc1c(F)c(F)c(C#Cc2cc(C#Cc3c(F)c(F)c(F)c(F)c3F)cc(C#Cc3c(F)c(F)c(F)c(F)c3F)c2)c(F)c1F. The first kappa shape index (κ1) is 32.4. The van der Waals surface area contributed by atoms with Crippen LogP contribution in [0.25, 0.3) is 0 Å². The van der Waals surface area contributed by atoms with Gasteiger partial charge in [0.2, 0.25) is 17.5 Å². The number of benzene rings is 4. The van der Waals surface area contributed by atoms with Crippen LogP contribution in [0.3, 0.4) is 0 Å². The van der Waals surface area contributed by atoms with Gasteiger partial charge in [-0.2, -0.15) is 0 Å². The lowest BCUT2D eigenvalue weighted by Crippen LogP contribution is -2.04. The molecule has 0 aliphatic carbocycles. The average Bonchev–Trinajstić information content (AvgIpc) is 3.02. The van der Waals surface area contributed by atoms with Crippen LogP contribution in [0.15, 0.2) is 18.2 Å². The molecule has 0 amide bonds. The van der Waals surface area contributed by atoms with Crippen molar-refractivity contribution in [3.05, 3.63) is 139 Å². The summed E-state index contributed by atoms with van der Waals surface area (Å²) in [6.45, 7) is 0. The van der Waals surface area contributed by atoms with Crippen molar-refractivity contribution in [2.24, 2.45) is 0 Å². The highest BCUT2D eigenvalue weighted by molar-refractivity contribution is 5.56. The first-order chi connectivity index (χ1) is 21.1. The second-order valence-corrected chi connectivity index (χ2v) is 8.38.